The molecule has 0 fully saturated rings. The molecule has 0 aliphatic rings. The van der Waals surface area contributed by atoms with E-state index >= 15 is 0 Å². The summed E-state index contributed by atoms with van der Waals surface area (Å²) in [6, 6.07) is 6.35. The van der Waals surface area contributed by atoms with Crippen LogP contribution in [0.25, 0.3) is 0 Å². The Balaban J connectivity index is 2.21. The molecule has 0 aliphatic heterocycles. The van der Waals surface area contributed by atoms with Crippen molar-refractivity contribution in [3.05, 3.63) is 43.8 Å². The number of halogens is 2. The Morgan fingerprint density at radius 3 is 2.68 bits per heavy atom. The average molecular weight is 315 g/mol. The first-order valence-electron chi connectivity index (χ1n) is 6.19. The highest BCUT2D eigenvalue weighted by atomic mass is 35.5. The second-order valence-electron chi connectivity index (χ2n) is 4.45. The fourth-order valence-corrected chi connectivity index (χ4v) is 3.41. The molecule has 0 saturated heterocycles. The summed E-state index contributed by atoms with van der Waals surface area (Å²) in [4.78, 5) is 6.76. The molecule has 0 spiro atoms. The van der Waals surface area contributed by atoms with Crippen molar-refractivity contribution in [3.63, 3.8) is 0 Å². The molecular formula is C14H16Cl2N2S. The summed E-state index contributed by atoms with van der Waals surface area (Å²) in [6.07, 6.45) is 1.07. The lowest BCUT2D eigenvalue weighted by Gasteiger charge is -2.16. The van der Waals surface area contributed by atoms with Crippen LogP contribution in [0, 0.1) is 6.92 Å². The Labute approximate surface area is 127 Å². The molecule has 1 atom stereocenters. The molecule has 0 radical (unpaired) electrons. The maximum absolute atomic E-state index is 6.14. The number of aryl methyl sites for hydroxylation is 2. The second-order valence-corrected chi connectivity index (χ2v) is 6.40. The average Bonchev–Trinajstić information content (AvgIpc) is 2.82. The van der Waals surface area contributed by atoms with Crippen molar-refractivity contribution in [2.75, 3.05) is 5.32 Å². The summed E-state index contributed by atoms with van der Waals surface area (Å²) in [5.41, 5.74) is 1.86. The lowest BCUT2D eigenvalue weighted by atomic mass is 10.2. The van der Waals surface area contributed by atoms with Crippen LogP contribution in [-0.2, 0) is 6.42 Å². The van der Waals surface area contributed by atoms with E-state index in [9.17, 15) is 0 Å². The van der Waals surface area contributed by atoms with E-state index in [2.05, 4.69) is 36.3 Å². The van der Waals surface area contributed by atoms with Crippen LogP contribution in [0.5, 0.6) is 0 Å². The molecule has 1 N–H and O–H groups in total. The summed E-state index contributed by atoms with van der Waals surface area (Å²) in [6.45, 7) is 6.26. The molecule has 0 amide bonds. The zero-order chi connectivity index (χ0) is 14.0. The number of thiophene rings is 1. The van der Waals surface area contributed by atoms with Crippen molar-refractivity contribution in [1.29, 1.82) is 0 Å². The quantitative estimate of drug-likeness (QED) is 0.754. The van der Waals surface area contributed by atoms with Gasteiger partial charge in [-0.15, -0.1) is 11.3 Å². The third kappa shape index (κ3) is 3.41. The topological polar surface area (TPSA) is 24.9 Å². The number of rotatable bonds is 4. The van der Waals surface area contributed by atoms with Gasteiger partial charge in [0.05, 0.1) is 11.7 Å². The van der Waals surface area contributed by atoms with E-state index in [0.717, 1.165) is 17.7 Å². The highest BCUT2D eigenvalue weighted by molar-refractivity contribution is 7.12. The van der Waals surface area contributed by atoms with Crippen molar-refractivity contribution in [3.8, 4) is 0 Å². The van der Waals surface area contributed by atoms with E-state index < -0.39 is 0 Å². The molecule has 0 aliphatic carbocycles. The first-order valence-corrected chi connectivity index (χ1v) is 7.76. The van der Waals surface area contributed by atoms with E-state index in [1.54, 1.807) is 0 Å². The van der Waals surface area contributed by atoms with Gasteiger partial charge in [0.25, 0.3) is 0 Å². The summed E-state index contributed by atoms with van der Waals surface area (Å²) in [7, 11) is 0. The largest absolute Gasteiger partial charge is 0.375 e. The van der Waals surface area contributed by atoms with Gasteiger partial charge < -0.3 is 5.32 Å². The van der Waals surface area contributed by atoms with Gasteiger partial charge in [0, 0.05) is 9.75 Å². The highest BCUT2D eigenvalue weighted by Gasteiger charge is 2.13. The molecule has 0 bridgehead atoms. The predicted octanol–water partition coefficient (Wildman–Crippen LogP) is 5.49. The molecular weight excluding hydrogens is 299 g/mol. The first kappa shape index (κ1) is 14.6. The molecule has 2 heterocycles. The highest BCUT2D eigenvalue weighted by Crippen LogP contribution is 2.32. The lowest BCUT2D eigenvalue weighted by molar-refractivity contribution is 0.903. The minimum atomic E-state index is 0.199. The predicted molar refractivity (Wildman–Crippen MR) is 84.7 cm³/mol. The van der Waals surface area contributed by atoms with Crippen LogP contribution in [0.4, 0.5) is 5.69 Å². The Morgan fingerprint density at radius 2 is 2.11 bits per heavy atom. The van der Waals surface area contributed by atoms with Gasteiger partial charge in [-0.05, 0) is 44.0 Å². The molecule has 2 rings (SSSR count). The monoisotopic (exact) mass is 314 g/mol. The first-order chi connectivity index (χ1) is 9.01. The number of hydrogen-bond donors (Lipinski definition) is 1. The van der Waals surface area contributed by atoms with Crippen LogP contribution in [0.1, 0.15) is 35.2 Å². The van der Waals surface area contributed by atoms with Crippen LogP contribution in [0.2, 0.25) is 10.3 Å². The van der Waals surface area contributed by atoms with E-state index in [-0.39, 0.29) is 6.04 Å². The zero-order valence-corrected chi connectivity index (χ0v) is 13.5. The van der Waals surface area contributed by atoms with Gasteiger partial charge in [-0.2, -0.15) is 0 Å². The molecule has 5 heteroatoms. The number of aromatic nitrogens is 1. The smallest absolute Gasteiger partial charge is 0.154 e. The maximum atomic E-state index is 6.14. The summed E-state index contributed by atoms with van der Waals surface area (Å²) in [5, 5.41) is 4.26. The number of nitrogens with zero attached hydrogens (tertiary/aromatic N) is 1. The number of nitrogens with one attached hydrogen (secondary N) is 1. The molecule has 0 aromatic carbocycles. The zero-order valence-electron chi connectivity index (χ0n) is 11.1. The van der Waals surface area contributed by atoms with Crippen LogP contribution in [0.3, 0.4) is 0 Å². The van der Waals surface area contributed by atoms with Gasteiger partial charge in [0.15, 0.2) is 5.15 Å². The Hall–Kier alpha value is -0.770. The molecule has 19 heavy (non-hydrogen) atoms. The minimum Gasteiger partial charge on any atom is -0.375 e. The second kappa shape index (κ2) is 6.12. The molecule has 0 saturated carbocycles. The third-order valence-electron chi connectivity index (χ3n) is 2.96. The van der Waals surface area contributed by atoms with Gasteiger partial charge in [0.1, 0.15) is 5.15 Å². The Kier molecular flexibility index (Phi) is 4.71. The van der Waals surface area contributed by atoms with Gasteiger partial charge >= 0.3 is 0 Å². The number of pyridine rings is 1. The van der Waals surface area contributed by atoms with E-state index in [0.29, 0.717) is 10.3 Å². The normalized spacial score (nSPS) is 12.5. The fourth-order valence-electron chi connectivity index (χ4n) is 1.87. The van der Waals surface area contributed by atoms with Crippen LogP contribution in [0.15, 0.2) is 18.2 Å². The van der Waals surface area contributed by atoms with Crippen LogP contribution < -0.4 is 5.32 Å². The SMILES string of the molecule is CCc1ccc(C(C)Nc2c(C)cc(Cl)nc2Cl)s1. The summed E-state index contributed by atoms with van der Waals surface area (Å²) in [5.74, 6) is 0. The minimum absolute atomic E-state index is 0.199. The maximum Gasteiger partial charge on any atom is 0.154 e. The van der Waals surface area contributed by atoms with Crippen molar-refractivity contribution < 1.29 is 0 Å². The molecule has 2 nitrogen and oxygen atoms in total. The van der Waals surface area contributed by atoms with E-state index in [1.165, 1.54) is 9.75 Å². The Bertz CT molecular complexity index is 558. The number of anilines is 1. The fraction of sp³-hybridized carbons (Fsp3) is 0.357. The molecule has 2 aromatic heterocycles. The van der Waals surface area contributed by atoms with Crippen LogP contribution in [-0.4, -0.2) is 4.98 Å². The van der Waals surface area contributed by atoms with E-state index in [4.69, 9.17) is 23.2 Å². The van der Waals surface area contributed by atoms with Crippen molar-refractivity contribution >= 4 is 40.2 Å². The lowest BCUT2D eigenvalue weighted by Crippen LogP contribution is -2.07. The van der Waals surface area contributed by atoms with Crippen molar-refractivity contribution in [2.45, 2.75) is 33.2 Å². The number of hydrogen-bond acceptors (Lipinski definition) is 3. The standard InChI is InChI=1S/C14H16Cl2N2S/c1-4-10-5-6-11(19-10)9(3)17-13-8(2)7-12(15)18-14(13)16/h5-7,9,17H,4H2,1-3H3. The molecule has 1 unspecified atom stereocenters. The van der Waals surface area contributed by atoms with Gasteiger partial charge in [-0.25, -0.2) is 4.98 Å². The molecule has 2 aromatic rings. The molecule has 102 valence electrons. The van der Waals surface area contributed by atoms with Crippen LogP contribution >= 0.6 is 34.5 Å². The van der Waals surface area contributed by atoms with Gasteiger partial charge in [-0.3, -0.25) is 0 Å². The van der Waals surface area contributed by atoms with Gasteiger partial charge in [-0.1, -0.05) is 30.1 Å². The third-order valence-corrected chi connectivity index (χ3v) is 4.84. The van der Waals surface area contributed by atoms with Crippen molar-refractivity contribution in [2.24, 2.45) is 0 Å². The van der Waals surface area contributed by atoms with Gasteiger partial charge in [0.2, 0.25) is 0 Å². The summed E-state index contributed by atoms with van der Waals surface area (Å²) < 4.78 is 0. The van der Waals surface area contributed by atoms with Crippen molar-refractivity contribution in [1.82, 2.24) is 4.98 Å². The Morgan fingerprint density at radius 1 is 1.37 bits per heavy atom. The summed E-state index contributed by atoms with van der Waals surface area (Å²) >= 11 is 13.8. The van der Waals surface area contributed by atoms with E-state index in [1.807, 2.05) is 24.3 Å².